The number of hydrogen-bond acceptors (Lipinski definition) is 0. The molecule has 1 aliphatic rings. The van der Waals surface area contributed by atoms with Gasteiger partial charge >= 0.3 is 0 Å². The van der Waals surface area contributed by atoms with Crippen LogP contribution >= 0.6 is 7.92 Å². The normalized spacial score (nSPS) is 26.7. The molecule has 0 spiro atoms. The van der Waals surface area contributed by atoms with E-state index in [1.807, 2.05) is 0 Å². The summed E-state index contributed by atoms with van der Waals surface area (Å²) in [5, 5.41) is 1.67. The Kier molecular flexibility index (Phi) is 3.23. The van der Waals surface area contributed by atoms with Crippen molar-refractivity contribution in [1.29, 1.82) is 0 Å². The van der Waals surface area contributed by atoms with E-state index in [2.05, 4.69) is 38.1 Å². The molecule has 0 aliphatic carbocycles. The summed E-state index contributed by atoms with van der Waals surface area (Å²) >= 11 is 0. The first kappa shape index (κ1) is 10.2. The monoisotopic (exact) mass is 206 g/mol. The molecule has 1 fully saturated rings. The lowest BCUT2D eigenvalue weighted by atomic mass is 10.2. The van der Waals surface area contributed by atoms with Crippen LogP contribution < -0.4 is 5.30 Å². The Bertz CT molecular complexity index is 306. The van der Waals surface area contributed by atoms with E-state index in [4.69, 9.17) is 0 Å². The van der Waals surface area contributed by atoms with Crippen LogP contribution in [0.3, 0.4) is 0 Å². The zero-order valence-corrected chi connectivity index (χ0v) is 10.1. The van der Waals surface area contributed by atoms with Crippen molar-refractivity contribution in [3.05, 3.63) is 29.8 Å². The van der Waals surface area contributed by atoms with E-state index in [0.29, 0.717) is 0 Å². The maximum absolute atomic E-state index is 2.36. The van der Waals surface area contributed by atoms with E-state index in [9.17, 15) is 0 Å². The first-order valence-corrected chi connectivity index (χ1v) is 7.25. The Balaban J connectivity index is 2.26. The van der Waals surface area contributed by atoms with Crippen molar-refractivity contribution >= 4 is 13.2 Å². The Morgan fingerprint density at radius 2 is 2.14 bits per heavy atom. The molecule has 0 saturated carbocycles. The lowest BCUT2D eigenvalue weighted by molar-refractivity contribution is 0.756. The summed E-state index contributed by atoms with van der Waals surface area (Å²) in [5.41, 5.74) is 2.52. The van der Waals surface area contributed by atoms with Gasteiger partial charge in [-0.05, 0) is 48.9 Å². The van der Waals surface area contributed by atoms with Crippen molar-refractivity contribution in [3.63, 3.8) is 0 Å². The second-order valence-electron chi connectivity index (χ2n) is 4.18. The van der Waals surface area contributed by atoms with Gasteiger partial charge in [0.05, 0.1) is 0 Å². The fraction of sp³-hybridized carbons (Fsp3) is 0.538. The van der Waals surface area contributed by atoms with E-state index in [1.54, 1.807) is 5.30 Å². The third-order valence-electron chi connectivity index (χ3n) is 3.27. The lowest BCUT2D eigenvalue weighted by Crippen LogP contribution is -2.11. The van der Waals surface area contributed by atoms with Crippen molar-refractivity contribution in [2.24, 2.45) is 0 Å². The predicted molar refractivity (Wildman–Crippen MR) is 65.9 cm³/mol. The van der Waals surface area contributed by atoms with Gasteiger partial charge in [0.25, 0.3) is 0 Å². The Labute approximate surface area is 88.5 Å². The zero-order valence-electron chi connectivity index (χ0n) is 9.16. The molecule has 2 unspecified atom stereocenters. The van der Waals surface area contributed by atoms with Gasteiger partial charge in [0.15, 0.2) is 0 Å². The molecule has 1 heterocycles. The van der Waals surface area contributed by atoms with Crippen LogP contribution in [0.25, 0.3) is 0 Å². The van der Waals surface area contributed by atoms with E-state index in [1.165, 1.54) is 31.0 Å². The molecule has 0 amide bonds. The molecular weight excluding hydrogens is 187 g/mol. The highest BCUT2D eigenvalue weighted by atomic mass is 31.1. The van der Waals surface area contributed by atoms with Crippen molar-refractivity contribution in [3.8, 4) is 0 Å². The number of rotatable bonds is 2. The molecule has 1 aliphatic heterocycles. The minimum absolute atomic E-state index is 0.175. The minimum Gasteiger partial charge on any atom is -0.0719 e. The predicted octanol–water partition coefficient (Wildman–Crippen LogP) is 3.67. The maximum atomic E-state index is 2.36. The maximum Gasteiger partial charge on any atom is -0.0171 e. The van der Waals surface area contributed by atoms with Crippen LogP contribution in [0.4, 0.5) is 0 Å². The molecule has 0 N–H and O–H groups in total. The van der Waals surface area contributed by atoms with Crippen LogP contribution in [-0.2, 0) is 0 Å². The van der Waals surface area contributed by atoms with Gasteiger partial charge in [-0.2, -0.15) is 0 Å². The minimum atomic E-state index is 0.175. The summed E-state index contributed by atoms with van der Waals surface area (Å²) in [4.78, 5) is 0. The number of benzene rings is 1. The fourth-order valence-corrected chi connectivity index (χ4v) is 5.73. The largest absolute Gasteiger partial charge is 0.0719 e. The standard InChI is InChI=1S/C13H19P/c1-3-12-8-6-10-14(12)13-9-5-4-7-11(13)2/h4-5,7,9,12H,3,6,8,10H2,1-2H3. The molecule has 1 aromatic rings. The summed E-state index contributed by atoms with van der Waals surface area (Å²) in [6, 6.07) is 8.98. The molecule has 76 valence electrons. The second kappa shape index (κ2) is 4.45. The molecule has 1 aromatic carbocycles. The van der Waals surface area contributed by atoms with Gasteiger partial charge in [-0.25, -0.2) is 0 Å². The van der Waals surface area contributed by atoms with E-state index in [-0.39, 0.29) is 7.92 Å². The van der Waals surface area contributed by atoms with Crippen LogP contribution in [0.5, 0.6) is 0 Å². The van der Waals surface area contributed by atoms with Crippen molar-refractivity contribution in [2.45, 2.75) is 38.8 Å². The van der Waals surface area contributed by atoms with Crippen LogP contribution in [0.2, 0.25) is 0 Å². The first-order valence-electron chi connectivity index (χ1n) is 5.65. The summed E-state index contributed by atoms with van der Waals surface area (Å²) in [6.45, 7) is 4.62. The average Bonchev–Trinajstić information content (AvgIpc) is 2.66. The highest BCUT2D eigenvalue weighted by Gasteiger charge is 2.27. The number of aryl methyl sites for hydroxylation is 1. The van der Waals surface area contributed by atoms with Gasteiger partial charge in [0, 0.05) is 0 Å². The molecule has 1 saturated heterocycles. The highest BCUT2D eigenvalue weighted by molar-refractivity contribution is 7.66. The first-order chi connectivity index (χ1) is 6.83. The Morgan fingerprint density at radius 1 is 1.36 bits per heavy atom. The van der Waals surface area contributed by atoms with Gasteiger partial charge in [-0.3, -0.25) is 0 Å². The second-order valence-corrected chi connectivity index (χ2v) is 6.78. The van der Waals surface area contributed by atoms with Crippen molar-refractivity contribution in [1.82, 2.24) is 0 Å². The average molecular weight is 206 g/mol. The van der Waals surface area contributed by atoms with Crippen LogP contribution in [0.15, 0.2) is 24.3 Å². The topological polar surface area (TPSA) is 0 Å². The molecule has 2 atom stereocenters. The highest BCUT2D eigenvalue weighted by Crippen LogP contribution is 2.50. The molecule has 0 aromatic heterocycles. The third-order valence-corrected chi connectivity index (χ3v) is 6.70. The summed E-state index contributed by atoms with van der Waals surface area (Å²) < 4.78 is 0. The molecule has 0 radical (unpaired) electrons. The molecule has 2 rings (SSSR count). The Morgan fingerprint density at radius 3 is 2.86 bits per heavy atom. The van der Waals surface area contributed by atoms with Crippen LogP contribution in [-0.4, -0.2) is 11.8 Å². The van der Waals surface area contributed by atoms with Crippen LogP contribution in [0.1, 0.15) is 31.7 Å². The third kappa shape index (κ3) is 1.86. The van der Waals surface area contributed by atoms with E-state index < -0.39 is 0 Å². The van der Waals surface area contributed by atoms with Gasteiger partial charge in [0.2, 0.25) is 0 Å². The van der Waals surface area contributed by atoms with Gasteiger partial charge in [-0.15, -0.1) is 0 Å². The van der Waals surface area contributed by atoms with Gasteiger partial charge in [0.1, 0.15) is 0 Å². The SMILES string of the molecule is CCC1CCCP1c1ccccc1C. The summed E-state index contributed by atoms with van der Waals surface area (Å²) in [6.07, 6.45) is 5.77. The summed E-state index contributed by atoms with van der Waals surface area (Å²) in [5.74, 6) is 0. The zero-order chi connectivity index (χ0) is 9.97. The van der Waals surface area contributed by atoms with E-state index in [0.717, 1.165) is 5.66 Å². The molecule has 0 nitrogen and oxygen atoms in total. The van der Waals surface area contributed by atoms with E-state index >= 15 is 0 Å². The summed E-state index contributed by atoms with van der Waals surface area (Å²) in [7, 11) is 0.175. The van der Waals surface area contributed by atoms with Crippen molar-refractivity contribution < 1.29 is 0 Å². The van der Waals surface area contributed by atoms with Gasteiger partial charge < -0.3 is 0 Å². The molecular formula is C13H19P. The van der Waals surface area contributed by atoms with Gasteiger partial charge in [-0.1, -0.05) is 39.1 Å². The number of hydrogen-bond donors (Lipinski definition) is 0. The van der Waals surface area contributed by atoms with Crippen LogP contribution in [0, 0.1) is 6.92 Å². The molecule has 1 heteroatoms. The lowest BCUT2D eigenvalue weighted by Gasteiger charge is -2.20. The molecule has 0 bridgehead atoms. The van der Waals surface area contributed by atoms with Crippen molar-refractivity contribution in [2.75, 3.05) is 6.16 Å². The quantitative estimate of drug-likeness (QED) is 0.647. The Hall–Kier alpha value is -0.350. The smallest absolute Gasteiger partial charge is 0.0171 e. The molecule has 14 heavy (non-hydrogen) atoms. The fourth-order valence-electron chi connectivity index (χ4n) is 2.46.